The van der Waals surface area contributed by atoms with Gasteiger partial charge in [0.2, 0.25) is 0 Å². The van der Waals surface area contributed by atoms with Gasteiger partial charge >= 0.3 is 0 Å². The van der Waals surface area contributed by atoms with Crippen LogP contribution in [0.2, 0.25) is 0 Å². The van der Waals surface area contributed by atoms with Gasteiger partial charge in [0, 0.05) is 38.9 Å². The van der Waals surface area contributed by atoms with Crippen LogP contribution >= 0.6 is 0 Å². The quantitative estimate of drug-likeness (QED) is 0.634. The van der Waals surface area contributed by atoms with E-state index in [1.54, 1.807) is 0 Å². The highest BCUT2D eigenvalue weighted by atomic mass is 15.3. The second-order valence-electron chi connectivity index (χ2n) is 3.54. The first-order chi connectivity index (χ1) is 5.83. The third-order valence-electron chi connectivity index (χ3n) is 2.49. The van der Waals surface area contributed by atoms with Crippen LogP contribution in [0, 0.1) is 0 Å². The van der Waals surface area contributed by atoms with Gasteiger partial charge in [-0.2, -0.15) is 0 Å². The zero-order chi connectivity index (χ0) is 8.81. The van der Waals surface area contributed by atoms with Crippen molar-refractivity contribution in [3.63, 3.8) is 0 Å². The average Bonchev–Trinajstić information content (AvgIpc) is 2.16. The summed E-state index contributed by atoms with van der Waals surface area (Å²) in [6, 6.07) is 0.653. The molecule has 1 saturated heterocycles. The Morgan fingerprint density at radius 3 is 2.67 bits per heavy atom. The van der Waals surface area contributed by atoms with E-state index >= 15 is 0 Å². The lowest BCUT2D eigenvalue weighted by Crippen LogP contribution is -2.48. The molecule has 0 radical (unpaired) electrons. The van der Waals surface area contributed by atoms with Gasteiger partial charge in [0.15, 0.2) is 0 Å². The summed E-state index contributed by atoms with van der Waals surface area (Å²) < 4.78 is 0. The lowest BCUT2D eigenvalue weighted by atomic mass is 10.3. The van der Waals surface area contributed by atoms with Crippen molar-refractivity contribution >= 4 is 0 Å². The van der Waals surface area contributed by atoms with Crippen LogP contribution in [-0.4, -0.2) is 43.8 Å². The second kappa shape index (κ2) is 5.51. The molecule has 0 amide bonds. The molecule has 0 aliphatic carbocycles. The molecule has 3 heteroatoms. The van der Waals surface area contributed by atoms with Gasteiger partial charge in [-0.05, 0) is 13.3 Å². The Hall–Kier alpha value is -0.120. The van der Waals surface area contributed by atoms with E-state index in [9.17, 15) is 0 Å². The van der Waals surface area contributed by atoms with Crippen molar-refractivity contribution in [2.75, 3.05) is 32.8 Å². The van der Waals surface area contributed by atoms with Crippen LogP contribution in [0.15, 0.2) is 0 Å². The molecule has 0 saturated carbocycles. The molecule has 1 atom stereocenters. The maximum atomic E-state index is 3.50. The topological polar surface area (TPSA) is 27.3 Å². The molecular formula is C9H21N3. The largest absolute Gasteiger partial charge is 0.314 e. The molecule has 2 N–H and O–H groups in total. The van der Waals surface area contributed by atoms with Crippen LogP contribution in [0.3, 0.4) is 0 Å². The third kappa shape index (κ3) is 3.52. The average molecular weight is 171 g/mol. The number of piperazine rings is 1. The van der Waals surface area contributed by atoms with E-state index in [1.807, 2.05) is 0 Å². The summed E-state index contributed by atoms with van der Waals surface area (Å²) in [5, 5.41) is 6.85. The van der Waals surface area contributed by atoms with Crippen molar-refractivity contribution in [1.82, 2.24) is 15.5 Å². The molecular weight excluding hydrogens is 150 g/mol. The minimum absolute atomic E-state index is 0.653. The third-order valence-corrected chi connectivity index (χ3v) is 2.49. The van der Waals surface area contributed by atoms with Gasteiger partial charge in [-0.1, -0.05) is 6.92 Å². The Balaban J connectivity index is 2.05. The van der Waals surface area contributed by atoms with Crippen molar-refractivity contribution < 1.29 is 0 Å². The molecule has 1 aliphatic heterocycles. The molecule has 0 bridgehead atoms. The molecule has 12 heavy (non-hydrogen) atoms. The monoisotopic (exact) mass is 171 g/mol. The molecule has 0 spiro atoms. The predicted molar refractivity (Wildman–Crippen MR) is 52.2 cm³/mol. The number of hydrogen-bond donors (Lipinski definition) is 2. The van der Waals surface area contributed by atoms with Crippen molar-refractivity contribution in [3.8, 4) is 0 Å². The van der Waals surface area contributed by atoms with Crippen LogP contribution in [0.4, 0.5) is 0 Å². The normalized spacial score (nSPS) is 22.5. The van der Waals surface area contributed by atoms with Crippen LogP contribution in [-0.2, 0) is 0 Å². The molecule has 72 valence electrons. The summed E-state index contributed by atoms with van der Waals surface area (Å²) in [7, 11) is 0. The van der Waals surface area contributed by atoms with Gasteiger partial charge in [-0.15, -0.1) is 0 Å². The van der Waals surface area contributed by atoms with E-state index in [4.69, 9.17) is 0 Å². The molecule has 1 unspecified atom stereocenters. The molecule has 1 fully saturated rings. The summed E-state index contributed by atoms with van der Waals surface area (Å²) in [5.74, 6) is 0. The smallest absolute Gasteiger partial charge is 0.0483 e. The minimum Gasteiger partial charge on any atom is -0.314 e. The summed E-state index contributed by atoms with van der Waals surface area (Å²) in [6.45, 7) is 10.2. The van der Waals surface area contributed by atoms with Crippen LogP contribution < -0.4 is 10.6 Å². The summed E-state index contributed by atoms with van der Waals surface area (Å²) in [6.07, 6.45) is 1.21. The molecule has 3 nitrogen and oxygen atoms in total. The Bertz CT molecular complexity index is 110. The van der Waals surface area contributed by atoms with E-state index in [2.05, 4.69) is 29.4 Å². The maximum Gasteiger partial charge on any atom is 0.0483 e. The highest BCUT2D eigenvalue weighted by molar-refractivity contribution is 4.67. The summed E-state index contributed by atoms with van der Waals surface area (Å²) >= 11 is 0. The first-order valence-electron chi connectivity index (χ1n) is 4.99. The van der Waals surface area contributed by atoms with E-state index < -0.39 is 0 Å². The van der Waals surface area contributed by atoms with Crippen molar-refractivity contribution in [1.29, 1.82) is 0 Å². The van der Waals surface area contributed by atoms with Gasteiger partial charge in [-0.25, -0.2) is 0 Å². The zero-order valence-electron chi connectivity index (χ0n) is 8.27. The lowest BCUT2D eigenvalue weighted by molar-refractivity contribution is 0.214. The Morgan fingerprint density at radius 1 is 1.42 bits per heavy atom. The van der Waals surface area contributed by atoms with Crippen LogP contribution in [0.1, 0.15) is 20.3 Å². The highest BCUT2D eigenvalue weighted by Gasteiger charge is 2.08. The fourth-order valence-electron chi connectivity index (χ4n) is 1.30. The highest BCUT2D eigenvalue weighted by Crippen LogP contribution is 1.92. The van der Waals surface area contributed by atoms with E-state index in [-0.39, 0.29) is 0 Å². The maximum absolute atomic E-state index is 3.50. The fourth-order valence-corrected chi connectivity index (χ4v) is 1.30. The number of nitrogens with one attached hydrogen (secondary N) is 2. The van der Waals surface area contributed by atoms with Crippen LogP contribution in [0.25, 0.3) is 0 Å². The number of hydrogen-bond acceptors (Lipinski definition) is 3. The van der Waals surface area contributed by atoms with E-state index in [1.165, 1.54) is 19.5 Å². The Morgan fingerprint density at radius 2 is 2.08 bits per heavy atom. The summed E-state index contributed by atoms with van der Waals surface area (Å²) in [5.41, 5.74) is 0. The van der Waals surface area contributed by atoms with Gasteiger partial charge < -0.3 is 10.6 Å². The van der Waals surface area contributed by atoms with Gasteiger partial charge in [0.1, 0.15) is 0 Å². The first-order valence-corrected chi connectivity index (χ1v) is 4.99. The van der Waals surface area contributed by atoms with E-state index in [0.29, 0.717) is 6.04 Å². The molecule has 0 aromatic rings. The van der Waals surface area contributed by atoms with Crippen LogP contribution in [0.5, 0.6) is 0 Å². The first kappa shape index (κ1) is 9.96. The molecule has 1 heterocycles. The van der Waals surface area contributed by atoms with E-state index in [0.717, 1.165) is 19.8 Å². The fraction of sp³-hybridized carbons (Fsp3) is 1.00. The number of nitrogens with zero attached hydrogens (tertiary/aromatic N) is 1. The number of rotatable bonds is 4. The predicted octanol–water partition coefficient (Wildman–Crippen LogP) is 0.237. The van der Waals surface area contributed by atoms with Gasteiger partial charge in [-0.3, -0.25) is 4.90 Å². The van der Waals surface area contributed by atoms with Gasteiger partial charge in [0.25, 0.3) is 0 Å². The van der Waals surface area contributed by atoms with Gasteiger partial charge in [0.05, 0.1) is 0 Å². The molecule has 0 aromatic heterocycles. The summed E-state index contributed by atoms with van der Waals surface area (Å²) in [4.78, 5) is 2.46. The standard InChI is InChI=1S/C9H21N3/c1-3-9(2)11-8-12-6-4-10-5-7-12/h9-11H,3-8H2,1-2H3. The second-order valence-corrected chi connectivity index (χ2v) is 3.54. The zero-order valence-corrected chi connectivity index (χ0v) is 8.27. The Kier molecular flexibility index (Phi) is 4.58. The minimum atomic E-state index is 0.653. The molecule has 0 aromatic carbocycles. The lowest BCUT2D eigenvalue weighted by Gasteiger charge is -2.28. The molecule has 1 rings (SSSR count). The van der Waals surface area contributed by atoms with Crippen molar-refractivity contribution in [3.05, 3.63) is 0 Å². The SMILES string of the molecule is CCC(C)NCN1CCNCC1. The van der Waals surface area contributed by atoms with Crippen molar-refractivity contribution in [2.24, 2.45) is 0 Å². The Labute approximate surface area is 75.5 Å². The van der Waals surface area contributed by atoms with Crippen molar-refractivity contribution in [2.45, 2.75) is 26.3 Å². The molecule has 1 aliphatic rings.